The van der Waals surface area contributed by atoms with Gasteiger partial charge in [-0.3, -0.25) is 9.59 Å². The fourth-order valence-electron chi connectivity index (χ4n) is 3.15. The minimum absolute atomic E-state index is 0.0661. The monoisotopic (exact) mass is 341 g/mol. The van der Waals surface area contributed by atoms with E-state index in [0.29, 0.717) is 11.5 Å². The van der Waals surface area contributed by atoms with Crippen LogP contribution < -0.4 is 10.6 Å². The van der Waals surface area contributed by atoms with Crippen molar-refractivity contribution < 1.29 is 9.59 Å². The van der Waals surface area contributed by atoms with E-state index < -0.39 is 0 Å². The second-order valence-electron chi connectivity index (χ2n) is 6.47. The number of nitrogens with one attached hydrogen (secondary N) is 2. The third-order valence-corrected chi connectivity index (χ3v) is 4.39. The molecule has 1 aliphatic carbocycles. The second-order valence-corrected chi connectivity index (χ2v) is 6.47. The Morgan fingerprint density at radius 1 is 1.28 bits per heavy atom. The fraction of sp³-hybridized carbons (Fsp3) is 0.444. The van der Waals surface area contributed by atoms with E-state index in [1.54, 1.807) is 41.5 Å². The van der Waals surface area contributed by atoms with Crippen LogP contribution in [0.3, 0.4) is 0 Å². The van der Waals surface area contributed by atoms with E-state index in [9.17, 15) is 9.59 Å². The zero-order chi connectivity index (χ0) is 17.6. The zero-order valence-electron chi connectivity index (χ0n) is 14.3. The van der Waals surface area contributed by atoms with Crippen molar-refractivity contribution in [3.8, 4) is 5.82 Å². The van der Waals surface area contributed by atoms with Crippen molar-refractivity contribution in [1.29, 1.82) is 0 Å². The topological polar surface area (TPSA) is 88.9 Å². The molecule has 2 aromatic heterocycles. The quantitative estimate of drug-likeness (QED) is 0.844. The van der Waals surface area contributed by atoms with Gasteiger partial charge in [0.15, 0.2) is 5.82 Å². The van der Waals surface area contributed by atoms with E-state index in [-0.39, 0.29) is 30.2 Å². The molecule has 132 valence electrons. The van der Waals surface area contributed by atoms with E-state index in [4.69, 9.17) is 0 Å². The van der Waals surface area contributed by atoms with E-state index >= 15 is 0 Å². The molecule has 1 saturated carbocycles. The van der Waals surface area contributed by atoms with Gasteiger partial charge in [0.25, 0.3) is 0 Å². The fourth-order valence-corrected chi connectivity index (χ4v) is 3.15. The summed E-state index contributed by atoms with van der Waals surface area (Å²) in [7, 11) is 0. The van der Waals surface area contributed by atoms with Gasteiger partial charge in [0.05, 0.1) is 5.69 Å². The van der Waals surface area contributed by atoms with E-state index in [1.165, 1.54) is 0 Å². The predicted molar refractivity (Wildman–Crippen MR) is 94.2 cm³/mol. The number of nitrogens with zero attached hydrogens (tertiary/aromatic N) is 3. The molecule has 1 fully saturated rings. The van der Waals surface area contributed by atoms with Gasteiger partial charge >= 0.3 is 0 Å². The van der Waals surface area contributed by atoms with Crippen LogP contribution in [0.25, 0.3) is 5.82 Å². The molecule has 2 N–H and O–H groups in total. The average molecular weight is 341 g/mol. The van der Waals surface area contributed by atoms with E-state index in [0.717, 1.165) is 25.7 Å². The summed E-state index contributed by atoms with van der Waals surface area (Å²) < 4.78 is 1.60. The van der Waals surface area contributed by atoms with Gasteiger partial charge in [-0.05, 0) is 38.0 Å². The number of carbonyl (C=O) groups is 2. The highest BCUT2D eigenvalue weighted by molar-refractivity contribution is 5.93. The summed E-state index contributed by atoms with van der Waals surface area (Å²) in [6.45, 7) is 1.85. The Morgan fingerprint density at radius 3 is 2.80 bits per heavy atom. The molecule has 0 radical (unpaired) electrons. The van der Waals surface area contributed by atoms with Gasteiger partial charge in [-0.1, -0.05) is 12.8 Å². The molecule has 0 bridgehead atoms. The van der Waals surface area contributed by atoms with Gasteiger partial charge in [0.1, 0.15) is 0 Å². The Labute approximate surface area is 146 Å². The molecular weight excluding hydrogens is 318 g/mol. The Kier molecular flexibility index (Phi) is 5.42. The lowest BCUT2D eigenvalue weighted by Crippen LogP contribution is -2.38. The van der Waals surface area contributed by atoms with Crippen molar-refractivity contribution in [1.82, 2.24) is 20.1 Å². The minimum Gasteiger partial charge on any atom is -0.353 e. The zero-order valence-corrected chi connectivity index (χ0v) is 14.3. The first-order valence-corrected chi connectivity index (χ1v) is 8.69. The second kappa shape index (κ2) is 7.92. The molecule has 1 aliphatic rings. The van der Waals surface area contributed by atoms with Crippen molar-refractivity contribution in [2.24, 2.45) is 5.92 Å². The van der Waals surface area contributed by atoms with Crippen molar-refractivity contribution in [2.75, 3.05) is 5.32 Å². The molecule has 7 heteroatoms. The van der Waals surface area contributed by atoms with Gasteiger partial charge in [-0.2, -0.15) is 5.10 Å². The first-order valence-electron chi connectivity index (χ1n) is 8.69. The maximum absolute atomic E-state index is 12.3. The van der Waals surface area contributed by atoms with Crippen LogP contribution in [-0.2, 0) is 9.59 Å². The Balaban J connectivity index is 1.57. The molecule has 2 aromatic rings. The molecule has 1 unspecified atom stereocenters. The van der Waals surface area contributed by atoms with Crippen LogP contribution in [0.5, 0.6) is 0 Å². The molecule has 1 atom stereocenters. The number of amides is 2. The molecule has 0 spiro atoms. The van der Waals surface area contributed by atoms with Crippen molar-refractivity contribution >= 4 is 17.5 Å². The van der Waals surface area contributed by atoms with Crippen LogP contribution >= 0.6 is 0 Å². The minimum atomic E-state index is -0.210. The Morgan fingerprint density at radius 2 is 2.08 bits per heavy atom. The SMILES string of the molecule is CC(CC(=O)Nc1cccnc1-n1cccn1)NC(=O)C1CCCC1. The summed E-state index contributed by atoms with van der Waals surface area (Å²) >= 11 is 0. The summed E-state index contributed by atoms with van der Waals surface area (Å²) in [6, 6.07) is 5.12. The summed E-state index contributed by atoms with van der Waals surface area (Å²) in [6.07, 6.45) is 9.42. The summed E-state index contributed by atoms with van der Waals surface area (Å²) in [4.78, 5) is 28.7. The standard InChI is InChI=1S/C18H23N5O2/c1-13(21-18(25)14-6-2-3-7-14)12-16(24)22-15-8-4-9-19-17(15)23-11-5-10-20-23/h4-5,8-11,13-14H,2-3,6-7,12H2,1H3,(H,21,25)(H,22,24). The molecule has 2 amide bonds. The third kappa shape index (κ3) is 4.43. The molecule has 0 saturated heterocycles. The highest BCUT2D eigenvalue weighted by atomic mass is 16.2. The van der Waals surface area contributed by atoms with Gasteiger partial charge in [0, 0.05) is 37.0 Å². The number of hydrogen-bond donors (Lipinski definition) is 2. The number of carbonyl (C=O) groups excluding carboxylic acids is 2. The molecular formula is C18H23N5O2. The Bertz CT molecular complexity index is 723. The van der Waals surface area contributed by atoms with Crippen molar-refractivity contribution in [3.63, 3.8) is 0 Å². The van der Waals surface area contributed by atoms with Crippen molar-refractivity contribution in [2.45, 2.75) is 45.1 Å². The van der Waals surface area contributed by atoms with Gasteiger partial charge in [0.2, 0.25) is 11.8 Å². The summed E-state index contributed by atoms with van der Waals surface area (Å²) in [5, 5.41) is 9.95. The summed E-state index contributed by atoms with van der Waals surface area (Å²) in [5.74, 6) is 0.566. The molecule has 3 rings (SSSR count). The van der Waals surface area contributed by atoms with Crippen LogP contribution in [0.15, 0.2) is 36.8 Å². The van der Waals surface area contributed by atoms with Crippen LogP contribution in [0.2, 0.25) is 0 Å². The van der Waals surface area contributed by atoms with E-state index in [2.05, 4.69) is 20.7 Å². The normalized spacial score (nSPS) is 15.7. The number of rotatable bonds is 6. The smallest absolute Gasteiger partial charge is 0.226 e. The Hall–Kier alpha value is -2.70. The van der Waals surface area contributed by atoms with E-state index in [1.807, 2.05) is 6.92 Å². The lowest BCUT2D eigenvalue weighted by Gasteiger charge is -2.17. The molecule has 0 aliphatic heterocycles. The number of hydrogen-bond acceptors (Lipinski definition) is 4. The maximum atomic E-state index is 12.3. The van der Waals surface area contributed by atoms with Crippen molar-refractivity contribution in [3.05, 3.63) is 36.8 Å². The number of anilines is 1. The first kappa shape index (κ1) is 17.1. The van der Waals surface area contributed by atoms with Gasteiger partial charge < -0.3 is 10.6 Å². The number of aromatic nitrogens is 3. The van der Waals surface area contributed by atoms with Crippen LogP contribution in [0.1, 0.15) is 39.0 Å². The molecule has 7 nitrogen and oxygen atoms in total. The molecule has 2 heterocycles. The van der Waals surface area contributed by atoms with Crippen LogP contribution in [0.4, 0.5) is 5.69 Å². The van der Waals surface area contributed by atoms with Gasteiger partial charge in [-0.15, -0.1) is 0 Å². The highest BCUT2D eigenvalue weighted by Gasteiger charge is 2.24. The lowest BCUT2D eigenvalue weighted by molar-refractivity contribution is -0.125. The highest BCUT2D eigenvalue weighted by Crippen LogP contribution is 2.24. The predicted octanol–water partition coefficient (Wildman–Crippen LogP) is 2.29. The summed E-state index contributed by atoms with van der Waals surface area (Å²) in [5.41, 5.74) is 0.588. The number of pyridine rings is 1. The molecule has 0 aromatic carbocycles. The van der Waals surface area contributed by atoms with Crippen LogP contribution in [0, 0.1) is 5.92 Å². The lowest BCUT2D eigenvalue weighted by atomic mass is 10.1. The average Bonchev–Trinajstić information content (AvgIpc) is 3.29. The largest absolute Gasteiger partial charge is 0.353 e. The third-order valence-electron chi connectivity index (χ3n) is 4.39. The first-order chi connectivity index (χ1) is 12.1. The maximum Gasteiger partial charge on any atom is 0.226 e. The van der Waals surface area contributed by atoms with Crippen LogP contribution in [-0.4, -0.2) is 32.6 Å². The van der Waals surface area contributed by atoms with Gasteiger partial charge in [-0.25, -0.2) is 9.67 Å². The molecule has 25 heavy (non-hydrogen) atoms.